The lowest BCUT2D eigenvalue weighted by molar-refractivity contribution is 0.585. The fourth-order valence-corrected chi connectivity index (χ4v) is 3.43. The largest absolute Gasteiger partial charge is 0.231 e. The molecule has 1 aliphatic carbocycles. The average molecular weight is 352 g/mol. The van der Waals surface area contributed by atoms with E-state index in [1.54, 1.807) is 0 Å². The van der Waals surface area contributed by atoms with Crippen molar-refractivity contribution in [3.8, 4) is 11.3 Å². The maximum absolute atomic E-state index is 6.29. The van der Waals surface area contributed by atoms with Crippen LogP contribution in [0.4, 0.5) is 0 Å². The van der Waals surface area contributed by atoms with Gasteiger partial charge in [-0.3, -0.25) is 0 Å². The Morgan fingerprint density at radius 3 is 2.55 bits per heavy atom. The summed E-state index contributed by atoms with van der Waals surface area (Å²) in [6.45, 7) is 2.29. The first-order valence-electron chi connectivity index (χ1n) is 6.93. The zero-order valence-corrected chi connectivity index (χ0v) is 13.7. The van der Waals surface area contributed by atoms with E-state index in [2.05, 4.69) is 27.8 Å². The van der Waals surface area contributed by atoms with Crippen molar-refractivity contribution in [3.63, 3.8) is 0 Å². The molecule has 0 saturated heterocycles. The van der Waals surface area contributed by atoms with Gasteiger partial charge in [0.25, 0.3) is 0 Å². The predicted octanol–water partition coefficient (Wildman–Crippen LogP) is 5.46. The van der Waals surface area contributed by atoms with Crippen LogP contribution in [-0.4, -0.2) is 9.97 Å². The summed E-state index contributed by atoms with van der Waals surface area (Å²) in [6.07, 6.45) is 3.57. The minimum Gasteiger partial charge on any atom is -0.231 e. The van der Waals surface area contributed by atoms with Crippen molar-refractivity contribution in [2.45, 2.75) is 32.1 Å². The lowest BCUT2D eigenvalue weighted by atomic mass is 10.0. The molecule has 1 aromatic carbocycles. The van der Waals surface area contributed by atoms with Crippen molar-refractivity contribution in [3.05, 3.63) is 45.8 Å². The Labute approximate surface area is 132 Å². The minimum atomic E-state index is 0.443. The van der Waals surface area contributed by atoms with Crippen molar-refractivity contribution in [2.75, 3.05) is 0 Å². The number of halogens is 2. The number of hydrogen-bond donors (Lipinski definition) is 0. The number of hydrogen-bond acceptors (Lipinski definition) is 2. The molecule has 20 heavy (non-hydrogen) atoms. The van der Waals surface area contributed by atoms with Gasteiger partial charge in [0.15, 0.2) is 0 Å². The monoisotopic (exact) mass is 350 g/mol. The molecular weight excluding hydrogens is 336 g/mol. The molecule has 3 rings (SSSR count). The van der Waals surface area contributed by atoms with Crippen LogP contribution in [0.3, 0.4) is 0 Å². The lowest BCUT2D eigenvalue weighted by Crippen LogP contribution is -2.04. The van der Waals surface area contributed by atoms with Crippen molar-refractivity contribution < 1.29 is 0 Å². The molecule has 0 spiro atoms. The van der Waals surface area contributed by atoms with E-state index < -0.39 is 0 Å². The maximum Gasteiger partial charge on any atom is 0.147 e. The summed E-state index contributed by atoms with van der Waals surface area (Å²) in [5, 5.41) is 0.508. The van der Waals surface area contributed by atoms with Crippen LogP contribution in [0.25, 0.3) is 11.3 Å². The van der Waals surface area contributed by atoms with Gasteiger partial charge in [-0.2, -0.15) is 0 Å². The number of rotatable bonds is 2. The topological polar surface area (TPSA) is 25.8 Å². The van der Waals surface area contributed by atoms with Crippen LogP contribution >= 0.6 is 27.5 Å². The van der Waals surface area contributed by atoms with Crippen LogP contribution in [0.2, 0.25) is 5.15 Å². The first-order chi connectivity index (χ1) is 9.65. The van der Waals surface area contributed by atoms with E-state index in [-0.39, 0.29) is 0 Å². The Kier molecular flexibility index (Phi) is 4.08. The molecule has 0 bridgehead atoms. The summed E-state index contributed by atoms with van der Waals surface area (Å²) in [7, 11) is 0. The molecule has 1 saturated carbocycles. The van der Waals surface area contributed by atoms with Crippen LogP contribution in [0.1, 0.15) is 37.9 Å². The van der Waals surface area contributed by atoms with Crippen molar-refractivity contribution in [2.24, 2.45) is 5.92 Å². The highest BCUT2D eigenvalue weighted by Crippen LogP contribution is 2.39. The van der Waals surface area contributed by atoms with E-state index in [1.807, 2.05) is 30.3 Å². The predicted molar refractivity (Wildman–Crippen MR) is 85.9 cm³/mol. The van der Waals surface area contributed by atoms with Gasteiger partial charge in [0.05, 0.1) is 10.2 Å². The Balaban J connectivity index is 2.04. The van der Waals surface area contributed by atoms with Gasteiger partial charge in [0.2, 0.25) is 0 Å². The SMILES string of the molecule is CC1CCC(c2nc(Cl)c(Br)c(-c3ccccc3)n2)C1. The number of benzene rings is 1. The zero-order chi connectivity index (χ0) is 14.1. The summed E-state index contributed by atoms with van der Waals surface area (Å²) in [5.74, 6) is 2.09. The summed E-state index contributed by atoms with van der Waals surface area (Å²) in [5.41, 5.74) is 1.95. The smallest absolute Gasteiger partial charge is 0.147 e. The fourth-order valence-electron chi connectivity index (χ4n) is 2.85. The van der Waals surface area contributed by atoms with Gasteiger partial charge in [-0.1, -0.05) is 48.9 Å². The van der Waals surface area contributed by atoms with Gasteiger partial charge in [-0.05, 0) is 41.1 Å². The van der Waals surface area contributed by atoms with Gasteiger partial charge < -0.3 is 0 Å². The highest BCUT2D eigenvalue weighted by Gasteiger charge is 2.26. The second kappa shape index (κ2) is 5.82. The maximum atomic E-state index is 6.29. The number of nitrogens with zero attached hydrogens (tertiary/aromatic N) is 2. The van der Waals surface area contributed by atoms with Crippen LogP contribution < -0.4 is 0 Å². The summed E-state index contributed by atoms with van der Waals surface area (Å²) >= 11 is 9.80. The van der Waals surface area contributed by atoms with Crippen LogP contribution in [-0.2, 0) is 0 Å². The normalized spacial score (nSPS) is 22.1. The molecule has 0 radical (unpaired) electrons. The Morgan fingerprint density at radius 2 is 1.90 bits per heavy atom. The summed E-state index contributed by atoms with van der Waals surface area (Å²) < 4.78 is 0.778. The van der Waals surface area contributed by atoms with Crippen molar-refractivity contribution >= 4 is 27.5 Å². The molecular formula is C16H16BrClN2. The van der Waals surface area contributed by atoms with Crippen LogP contribution in [0.15, 0.2) is 34.8 Å². The van der Waals surface area contributed by atoms with Gasteiger partial charge >= 0.3 is 0 Å². The van der Waals surface area contributed by atoms with E-state index in [9.17, 15) is 0 Å². The molecule has 2 nitrogen and oxygen atoms in total. The minimum absolute atomic E-state index is 0.443. The highest BCUT2D eigenvalue weighted by molar-refractivity contribution is 9.10. The molecule has 1 heterocycles. The molecule has 2 aromatic rings. The molecule has 1 aliphatic rings. The third-order valence-corrected chi connectivity index (χ3v) is 5.19. The molecule has 0 N–H and O–H groups in total. The number of aromatic nitrogens is 2. The third kappa shape index (κ3) is 2.75. The van der Waals surface area contributed by atoms with Gasteiger partial charge in [0, 0.05) is 11.5 Å². The van der Waals surface area contributed by atoms with Gasteiger partial charge in [-0.25, -0.2) is 9.97 Å². The van der Waals surface area contributed by atoms with E-state index in [0.717, 1.165) is 40.3 Å². The molecule has 1 fully saturated rings. The van der Waals surface area contributed by atoms with Crippen LogP contribution in [0, 0.1) is 5.92 Å². The lowest BCUT2D eigenvalue weighted by Gasteiger charge is -2.12. The molecule has 0 aliphatic heterocycles. The van der Waals surface area contributed by atoms with Gasteiger partial charge in [-0.15, -0.1) is 0 Å². The van der Waals surface area contributed by atoms with Crippen LogP contribution in [0.5, 0.6) is 0 Å². The molecule has 4 heteroatoms. The van der Waals surface area contributed by atoms with E-state index in [0.29, 0.717) is 11.1 Å². The highest BCUT2D eigenvalue weighted by atomic mass is 79.9. The average Bonchev–Trinajstić information content (AvgIpc) is 2.89. The quantitative estimate of drug-likeness (QED) is 0.671. The third-order valence-electron chi connectivity index (χ3n) is 3.94. The molecule has 0 amide bonds. The standard InChI is InChI=1S/C16H16BrClN2/c1-10-7-8-12(9-10)16-19-14(13(17)15(18)20-16)11-5-3-2-4-6-11/h2-6,10,12H,7-9H2,1H3. The first-order valence-corrected chi connectivity index (χ1v) is 8.10. The molecule has 2 unspecified atom stereocenters. The van der Waals surface area contributed by atoms with E-state index in [1.165, 1.54) is 6.42 Å². The van der Waals surface area contributed by atoms with Crippen molar-refractivity contribution in [1.82, 2.24) is 9.97 Å². The molecule has 2 atom stereocenters. The Bertz CT molecular complexity index is 615. The summed E-state index contributed by atoms with van der Waals surface area (Å²) in [6, 6.07) is 10.1. The first kappa shape index (κ1) is 14.0. The molecule has 1 aromatic heterocycles. The Morgan fingerprint density at radius 1 is 1.15 bits per heavy atom. The fraction of sp³-hybridized carbons (Fsp3) is 0.375. The van der Waals surface area contributed by atoms with Crippen molar-refractivity contribution in [1.29, 1.82) is 0 Å². The Hall–Kier alpha value is -0.930. The second-order valence-corrected chi connectivity index (χ2v) is 6.67. The summed E-state index contributed by atoms with van der Waals surface area (Å²) in [4.78, 5) is 9.26. The van der Waals surface area contributed by atoms with E-state index >= 15 is 0 Å². The second-order valence-electron chi connectivity index (χ2n) is 5.52. The molecule has 104 valence electrons. The van der Waals surface area contributed by atoms with E-state index in [4.69, 9.17) is 16.6 Å². The zero-order valence-electron chi connectivity index (χ0n) is 11.3. The van der Waals surface area contributed by atoms with Gasteiger partial charge in [0.1, 0.15) is 11.0 Å².